The molecular weight excluding hydrogens is 204 g/mol. The number of carbonyl (C=O) groups excluding carboxylic acids is 1. The molecule has 0 aromatic carbocycles. The third kappa shape index (κ3) is 4.19. The highest BCUT2D eigenvalue weighted by Crippen LogP contribution is 2.12. The molecule has 0 heterocycles. The van der Waals surface area contributed by atoms with Gasteiger partial charge in [0.2, 0.25) is 0 Å². The average molecular weight is 222 g/mol. The monoisotopic (exact) mass is 222 g/mol. The summed E-state index contributed by atoms with van der Waals surface area (Å²) in [5.74, 6) is -0.226. The van der Waals surface area contributed by atoms with Crippen molar-refractivity contribution in [3.8, 4) is 0 Å². The molecule has 0 unspecified atom stereocenters. The fourth-order valence-electron chi connectivity index (χ4n) is 0.948. The van der Waals surface area contributed by atoms with Crippen molar-refractivity contribution >= 4 is 14.8 Å². The molecule has 0 saturated heterocycles. The lowest BCUT2D eigenvalue weighted by molar-refractivity contribution is -0.142. The van der Waals surface area contributed by atoms with Crippen LogP contribution in [0.25, 0.3) is 0 Å². The lowest BCUT2D eigenvalue weighted by atomic mass is 10.5. The number of esters is 1. The zero-order valence-electron chi connectivity index (χ0n) is 9.16. The summed E-state index contributed by atoms with van der Waals surface area (Å²) in [4.78, 5) is 10.8. The van der Waals surface area contributed by atoms with E-state index in [9.17, 15) is 4.79 Å². The number of carbonyl (C=O) groups is 1. The lowest BCUT2D eigenvalue weighted by Gasteiger charge is -2.23. The summed E-state index contributed by atoms with van der Waals surface area (Å²) in [6, 6.07) is 0.474. The normalized spacial score (nSPS) is 11.4. The molecule has 0 radical (unpaired) electrons. The molecule has 0 fully saturated rings. The topological polar surface area (TPSA) is 54.0 Å². The van der Waals surface area contributed by atoms with Crippen molar-refractivity contribution in [1.82, 2.24) is 0 Å². The summed E-state index contributed by atoms with van der Waals surface area (Å²) in [5.41, 5.74) is 0. The number of ether oxygens (including phenoxy) is 1. The molecule has 0 spiro atoms. The molecule has 0 aromatic rings. The summed E-state index contributed by atoms with van der Waals surface area (Å²) in [6.45, 7) is 2.02. The standard InChI is InChI=1S/C8H18O5Si/c1-5-8(9)13-6-7-14(10-2,11-3)12-4/h5-7H2,1-4H3. The van der Waals surface area contributed by atoms with E-state index in [0.29, 0.717) is 12.5 Å². The van der Waals surface area contributed by atoms with Crippen LogP contribution in [0.1, 0.15) is 13.3 Å². The Hall–Kier alpha value is -0.433. The molecule has 0 aromatic heterocycles. The molecule has 0 rings (SSSR count). The van der Waals surface area contributed by atoms with Gasteiger partial charge in [0.05, 0.1) is 12.7 Å². The van der Waals surface area contributed by atoms with Gasteiger partial charge in [0.1, 0.15) is 0 Å². The van der Waals surface area contributed by atoms with Crippen LogP contribution in [0, 0.1) is 0 Å². The van der Waals surface area contributed by atoms with Gasteiger partial charge in [-0.05, 0) is 0 Å². The smallest absolute Gasteiger partial charge is 0.466 e. The summed E-state index contributed by atoms with van der Waals surface area (Å²) < 4.78 is 20.4. The van der Waals surface area contributed by atoms with Crippen LogP contribution < -0.4 is 0 Å². The Morgan fingerprint density at radius 3 is 2.00 bits per heavy atom. The van der Waals surface area contributed by atoms with Gasteiger partial charge in [-0.2, -0.15) is 0 Å². The van der Waals surface area contributed by atoms with Gasteiger partial charge in [-0.25, -0.2) is 0 Å². The summed E-state index contributed by atoms with van der Waals surface area (Å²) in [6.07, 6.45) is 0.376. The van der Waals surface area contributed by atoms with Gasteiger partial charge in [-0.3, -0.25) is 4.79 Å². The first-order chi connectivity index (χ1) is 6.64. The molecule has 14 heavy (non-hydrogen) atoms. The van der Waals surface area contributed by atoms with E-state index in [-0.39, 0.29) is 12.6 Å². The van der Waals surface area contributed by atoms with Gasteiger partial charge in [-0.1, -0.05) is 6.92 Å². The van der Waals surface area contributed by atoms with E-state index >= 15 is 0 Å². The van der Waals surface area contributed by atoms with Gasteiger partial charge in [0, 0.05) is 27.8 Å². The Bertz CT molecular complexity index is 161. The molecule has 6 heteroatoms. The third-order valence-corrected chi connectivity index (χ3v) is 4.58. The fourth-order valence-corrected chi connectivity index (χ4v) is 2.41. The van der Waals surface area contributed by atoms with Crippen molar-refractivity contribution in [3.05, 3.63) is 0 Å². The van der Waals surface area contributed by atoms with E-state index in [0.717, 1.165) is 0 Å². The fraction of sp³-hybridized carbons (Fsp3) is 0.875. The molecular formula is C8H18O5Si. The lowest BCUT2D eigenvalue weighted by Crippen LogP contribution is -2.43. The maximum absolute atomic E-state index is 10.8. The van der Waals surface area contributed by atoms with Crippen LogP contribution in [0.5, 0.6) is 0 Å². The third-order valence-electron chi connectivity index (χ3n) is 1.89. The van der Waals surface area contributed by atoms with Crippen molar-refractivity contribution in [1.29, 1.82) is 0 Å². The summed E-state index contributed by atoms with van der Waals surface area (Å²) in [5, 5.41) is 0. The highest BCUT2D eigenvalue weighted by atomic mass is 28.4. The van der Waals surface area contributed by atoms with Gasteiger partial charge < -0.3 is 18.0 Å². The Morgan fingerprint density at radius 1 is 1.14 bits per heavy atom. The van der Waals surface area contributed by atoms with Crippen molar-refractivity contribution < 1.29 is 22.8 Å². The molecule has 5 nitrogen and oxygen atoms in total. The molecule has 0 aliphatic carbocycles. The van der Waals surface area contributed by atoms with Crippen molar-refractivity contribution in [2.45, 2.75) is 19.4 Å². The first-order valence-corrected chi connectivity index (χ1v) is 6.38. The van der Waals surface area contributed by atoms with Crippen LogP contribution in [0.3, 0.4) is 0 Å². The van der Waals surface area contributed by atoms with Gasteiger partial charge in [0.25, 0.3) is 0 Å². The zero-order chi connectivity index (χ0) is 11.0. The van der Waals surface area contributed by atoms with Gasteiger partial charge in [0.15, 0.2) is 0 Å². The quantitative estimate of drug-likeness (QED) is 0.471. The minimum Gasteiger partial charge on any atom is -0.466 e. The molecule has 0 saturated carbocycles. The predicted molar refractivity (Wildman–Crippen MR) is 52.8 cm³/mol. The molecule has 84 valence electrons. The molecule has 0 aliphatic heterocycles. The van der Waals surface area contributed by atoms with E-state index in [2.05, 4.69) is 0 Å². The van der Waals surface area contributed by atoms with E-state index in [1.54, 1.807) is 6.92 Å². The van der Waals surface area contributed by atoms with Crippen molar-refractivity contribution in [2.75, 3.05) is 27.9 Å². The minimum atomic E-state index is -2.57. The van der Waals surface area contributed by atoms with Crippen LogP contribution >= 0.6 is 0 Å². The highest BCUT2D eigenvalue weighted by molar-refractivity contribution is 6.60. The number of rotatable bonds is 7. The second-order valence-electron chi connectivity index (χ2n) is 2.62. The first-order valence-electron chi connectivity index (χ1n) is 4.45. The minimum absolute atomic E-state index is 0.226. The molecule has 0 bridgehead atoms. The van der Waals surface area contributed by atoms with E-state index in [4.69, 9.17) is 18.0 Å². The number of hydrogen-bond donors (Lipinski definition) is 0. The Kier molecular flexibility index (Phi) is 6.72. The van der Waals surface area contributed by atoms with Crippen LogP contribution in [0.4, 0.5) is 0 Å². The SMILES string of the molecule is CCC(=O)OCC[Si](OC)(OC)OC. The second kappa shape index (κ2) is 6.94. The Morgan fingerprint density at radius 2 is 1.64 bits per heavy atom. The molecule has 0 amide bonds. The van der Waals surface area contributed by atoms with Crippen LogP contribution in [-0.4, -0.2) is 42.7 Å². The van der Waals surface area contributed by atoms with Crippen LogP contribution in [0.2, 0.25) is 6.04 Å². The van der Waals surface area contributed by atoms with E-state index in [1.165, 1.54) is 21.3 Å². The molecule has 0 atom stereocenters. The highest BCUT2D eigenvalue weighted by Gasteiger charge is 2.37. The van der Waals surface area contributed by atoms with E-state index < -0.39 is 8.80 Å². The average Bonchev–Trinajstić information content (AvgIpc) is 2.25. The van der Waals surface area contributed by atoms with Crippen molar-refractivity contribution in [2.24, 2.45) is 0 Å². The Balaban J connectivity index is 3.88. The second-order valence-corrected chi connectivity index (χ2v) is 5.71. The summed E-state index contributed by atoms with van der Waals surface area (Å²) in [7, 11) is 2.01. The van der Waals surface area contributed by atoms with Gasteiger partial charge >= 0.3 is 14.8 Å². The maximum Gasteiger partial charge on any atom is 0.503 e. The van der Waals surface area contributed by atoms with Crippen molar-refractivity contribution in [3.63, 3.8) is 0 Å². The predicted octanol–water partition coefficient (Wildman–Crippen LogP) is 0.818. The molecule has 0 N–H and O–H groups in total. The zero-order valence-corrected chi connectivity index (χ0v) is 10.2. The van der Waals surface area contributed by atoms with Crippen LogP contribution in [0.15, 0.2) is 0 Å². The van der Waals surface area contributed by atoms with Crippen LogP contribution in [-0.2, 0) is 22.8 Å². The van der Waals surface area contributed by atoms with E-state index in [1.807, 2.05) is 0 Å². The first kappa shape index (κ1) is 13.6. The van der Waals surface area contributed by atoms with Gasteiger partial charge in [-0.15, -0.1) is 0 Å². The largest absolute Gasteiger partial charge is 0.503 e. The molecule has 0 aliphatic rings. The number of hydrogen-bond acceptors (Lipinski definition) is 5. The summed E-state index contributed by atoms with van der Waals surface area (Å²) >= 11 is 0. The Labute approximate surface area is 85.7 Å². The maximum atomic E-state index is 10.8.